The van der Waals surface area contributed by atoms with E-state index in [0.717, 1.165) is 23.5 Å². The number of thioether (sulfide) groups is 1. The zero-order valence-electron chi connectivity index (χ0n) is 15.3. The third-order valence-corrected chi connectivity index (χ3v) is 5.35. The molecule has 4 heteroatoms. The lowest BCUT2D eigenvalue weighted by Gasteiger charge is -2.11. The molecule has 0 spiro atoms. The summed E-state index contributed by atoms with van der Waals surface area (Å²) < 4.78 is 0. The first-order chi connectivity index (χ1) is 13.2. The zero-order valence-corrected chi connectivity index (χ0v) is 16.1. The number of anilines is 1. The quantitative estimate of drug-likeness (QED) is 0.494. The van der Waals surface area contributed by atoms with Gasteiger partial charge in [-0.15, -0.1) is 11.8 Å². The SMILES string of the molecule is CCc1ccccc1-c1cccc(CNc2ccc(SCC(=O)O)cc2)c1. The largest absolute Gasteiger partial charge is 0.481 e. The van der Waals surface area contributed by atoms with Crippen LogP contribution in [0.1, 0.15) is 18.1 Å². The van der Waals surface area contributed by atoms with E-state index in [-0.39, 0.29) is 5.75 Å². The number of benzene rings is 3. The van der Waals surface area contributed by atoms with Crippen LogP contribution in [0.3, 0.4) is 0 Å². The fourth-order valence-corrected chi connectivity index (χ4v) is 3.60. The van der Waals surface area contributed by atoms with Crippen molar-refractivity contribution in [2.24, 2.45) is 0 Å². The molecule has 0 saturated heterocycles. The van der Waals surface area contributed by atoms with Crippen molar-refractivity contribution in [2.45, 2.75) is 24.8 Å². The van der Waals surface area contributed by atoms with Gasteiger partial charge in [-0.2, -0.15) is 0 Å². The number of aryl methyl sites for hydroxylation is 1. The van der Waals surface area contributed by atoms with Crippen LogP contribution in [0.15, 0.2) is 77.7 Å². The molecule has 0 heterocycles. The molecular formula is C23H23NO2S. The maximum atomic E-state index is 10.6. The molecule has 0 aromatic heterocycles. The first-order valence-electron chi connectivity index (χ1n) is 9.01. The summed E-state index contributed by atoms with van der Waals surface area (Å²) in [5.74, 6) is -0.717. The number of hydrogen-bond donors (Lipinski definition) is 2. The molecular weight excluding hydrogens is 354 g/mol. The number of carboxylic acid groups (broad SMARTS) is 1. The molecule has 0 radical (unpaired) electrons. The number of carboxylic acids is 1. The molecule has 0 atom stereocenters. The van der Waals surface area contributed by atoms with Crippen molar-refractivity contribution in [1.29, 1.82) is 0 Å². The van der Waals surface area contributed by atoms with Crippen LogP contribution >= 0.6 is 11.8 Å². The molecule has 0 aliphatic rings. The predicted octanol–water partition coefficient (Wildman–Crippen LogP) is 5.70. The van der Waals surface area contributed by atoms with E-state index in [1.54, 1.807) is 0 Å². The molecule has 27 heavy (non-hydrogen) atoms. The maximum absolute atomic E-state index is 10.6. The summed E-state index contributed by atoms with van der Waals surface area (Å²) in [6.45, 7) is 2.92. The fraction of sp³-hybridized carbons (Fsp3) is 0.174. The molecule has 2 N–H and O–H groups in total. The van der Waals surface area contributed by atoms with Gasteiger partial charge < -0.3 is 10.4 Å². The van der Waals surface area contributed by atoms with Gasteiger partial charge in [0.2, 0.25) is 0 Å². The molecule has 0 saturated carbocycles. The highest BCUT2D eigenvalue weighted by Crippen LogP contribution is 2.25. The fourth-order valence-electron chi connectivity index (χ4n) is 2.98. The van der Waals surface area contributed by atoms with Gasteiger partial charge in [-0.05, 0) is 59.0 Å². The molecule has 0 aliphatic heterocycles. The van der Waals surface area contributed by atoms with Gasteiger partial charge in [-0.1, -0.05) is 49.4 Å². The van der Waals surface area contributed by atoms with Gasteiger partial charge in [0, 0.05) is 17.1 Å². The van der Waals surface area contributed by atoms with Crippen LogP contribution < -0.4 is 5.32 Å². The molecule has 0 fully saturated rings. The highest BCUT2D eigenvalue weighted by atomic mass is 32.2. The molecule has 0 bridgehead atoms. The number of aliphatic carboxylic acids is 1. The summed E-state index contributed by atoms with van der Waals surface area (Å²) in [6, 6.07) is 25.0. The van der Waals surface area contributed by atoms with Gasteiger partial charge in [0.25, 0.3) is 0 Å². The van der Waals surface area contributed by atoms with Crippen LogP contribution in [-0.4, -0.2) is 16.8 Å². The Morgan fingerprint density at radius 2 is 1.78 bits per heavy atom. The van der Waals surface area contributed by atoms with Crippen LogP contribution in [0.5, 0.6) is 0 Å². The zero-order chi connectivity index (χ0) is 19.1. The number of carbonyl (C=O) groups is 1. The van der Waals surface area contributed by atoms with Crippen molar-refractivity contribution in [3.05, 3.63) is 83.9 Å². The summed E-state index contributed by atoms with van der Waals surface area (Å²) in [4.78, 5) is 11.6. The Morgan fingerprint density at radius 3 is 2.52 bits per heavy atom. The minimum Gasteiger partial charge on any atom is -0.481 e. The van der Waals surface area contributed by atoms with Crippen LogP contribution in [0.25, 0.3) is 11.1 Å². The Morgan fingerprint density at radius 1 is 1.00 bits per heavy atom. The number of hydrogen-bond acceptors (Lipinski definition) is 3. The summed E-state index contributed by atoms with van der Waals surface area (Å²) in [5, 5.41) is 12.2. The third-order valence-electron chi connectivity index (χ3n) is 4.35. The second-order valence-corrected chi connectivity index (χ2v) is 7.32. The first kappa shape index (κ1) is 19.1. The van der Waals surface area contributed by atoms with Crippen molar-refractivity contribution in [3.8, 4) is 11.1 Å². The van der Waals surface area contributed by atoms with Gasteiger partial charge in [0.15, 0.2) is 0 Å². The lowest BCUT2D eigenvalue weighted by molar-refractivity contribution is -0.133. The number of nitrogens with one attached hydrogen (secondary N) is 1. The molecule has 138 valence electrons. The Bertz CT molecular complexity index is 906. The molecule has 3 aromatic carbocycles. The van der Waals surface area contributed by atoms with E-state index in [1.807, 2.05) is 24.3 Å². The number of rotatable bonds is 8. The van der Waals surface area contributed by atoms with Crippen molar-refractivity contribution in [1.82, 2.24) is 0 Å². The maximum Gasteiger partial charge on any atom is 0.313 e. The summed E-state index contributed by atoms with van der Waals surface area (Å²) >= 11 is 1.33. The van der Waals surface area contributed by atoms with Crippen molar-refractivity contribution < 1.29 is 9.90 Å². The van der Waals surface area contributed by atoms with E-state index in [9.17, 15) is 4.79 Å². The van der Waals surface area contributed by atoms with Crippen LogP contribution in [0, 0.1) is 0 Å². The molecule has 3 aromatic rings. The normalized spacial score (nSPS) is 10.6. The summed E-state index contributed by atoms with van der Waals surface area (Å²) in [6.07, 6.45) is 1.02. The first-order valence-corrected chi connectivity index (χ1v) is 10.00. The van der Waals surface area contributed by atoms with E-state index >= 15 is 0 Å². The topological polar surface area (TPSA) is 49.3 Å². The molecule has 0 amide bonds. The second-order valence-electron chi connectivity index (χ2n) is 6.27. The van der Waals surface area contributed by atoms with Crippen molar-refractivity contribution in [2.75, 3.05) is 11.1 Å². The Balaban J connectivity index is 1.66. The average molecular weight is 378 g/mol. The smallest absolute Gasteiger partial charge is 0.313 e. The van der Waals surface area contributed by atoms with E-state index in [0.29, 0.717) is 0 Å². The minimum atomic E-state index is -0.799. The van der Waals surface area contributed by atoms with Gasteiger partial charge in [-0.25, -0.2) is 0 Å². The lowest BCUT2D eigenvalue weighted by Crippen LogP contribution is -2.00. The summed E-state index contributed by atoms with van der Waals surface area (Å²) in [7, 11) is 0. The Labute approximate surface area is 164 Å². The lowest BCUT2D eigenvalue weighted by atomic mass is 9.97. The van der Waals surface area contributed by atoms with E-state index in [4.69, 9.17) is 5.11 Å². The van der Waals surface area contributed by atoms with Crippen LogP contribution in [0.2, 0.25) is 0 Å². The highest BCUT2D eigenvalue weighted by molar-refractivity contribution is 8.00. The minimum absolute atomic E-state index is 0.0821. The molecule has 3 nitrogen and oxygen atoms in total. The van der Waals surface area contributed by atoms with Gasteiger partial charge in [-0.3, -0.25) is 4.79 Å². The predicted molar refractivity (Wildman–Crippen MR) is 113 cm³/mol. The highest BCUT2D eigenvalue weighted by Gasteiger charge is 2.04. The molecule has 0 unspecified atom stereocenters. The van der Waals surface area contributed by atoms with Crippen molar-refractivity contribution >= 4 is 23.4 Å². The molecule has 3 rings (SSSR count). The molecule has 0 aliphatic carbocycles. The second kappa shape index (κ2) is 9.28. The third kappa shape index (κ3) is 5.38. The average Bonchev–Trinajstić information content (AvgIpc) is 2.71. The van der Waals surface area contributed by atoms with Crippen LogP contribution in [-0.2, 0) is 17.8 Å². The summed E-state index contributed by atoms with van der Waals surface area (Å²) in [5.41, 5.74) is 6.14. The van der Waals surface area contributed by atoms with E-state index in [2.05, 4.69) is 60.8 Å². The van der Waals surface area contributed by atoms with E-state index < -0.39 is 5.97 Å². The van der Waals surface area contributed by atoms with Gasteiger partial charge >= 0.3 is 5.97 Å². The van der Waals surface area contributed by atoms with Crippen molar-refractivity contribution in [3.63, 3.8) is 0 Å². The Kier molecular flexibility index (Phi) is 6.55. The van der Waals surface area contributed by atoms with E-state index in [1.165, 1.54) is 34.0 Å². The monoisotopic (exact) mass is 377 g/mol. The van der Waals surface area contributed by atoms with Crippen LogP contribution in [0.4, 0.5) is 5.69 Å². The van der Waals surface area contributed by atoms with Gasteiger partial charge in [0.1, 0.15) is 0 Å². The Hall–Kier alpha value is -2.72. The standard InChI is InChI=1S/C23H23NO2S/c1-2-18-7-3-4-9-22(18)19-8-5-6-17(14-19)15-24-20-10-12-21(13-11-20)27-16-23(25)26/h3-14,24H,2,15-16H2,1H3,(H,25,26). The van der Waals surface area contributed by atoms with Gasteiger partial charge in [0.05, 0.1) is 5.75 Å².